The lowest BCUT2D eigenvalue weighted by atomic mass is 10.2. The number of thiazole rings is 1. The Hall–Kier alpha value is -3.30. The van der Waals surface area contributed by atoms with Crippen molar-refractivity contribution in [3.05, 3.63) is 64.2 Å². The number of rotatable bonds is 10. The lowest BCUT2D eigenvalue weighted by Crippen LogP contribution is -2.38. The molecule has 0 radical (unpaired) electrons. The molecule has 0 aliphatic carbocycles. The van der Waals surface area contributed by atoms with Gasteiger partial charge < -0.3 is 9.64 Å². The molecule has 0 atom stereocenters. The summed E-state index contributed by atoms with van der Waals surface area (Å²) < 4.78 is 6.24. The highest BCUT2D eigenvalue weighted by Crippen LogP contribution is 2.31. The molecule has 1 amide bonds. The van der Waals surface area contributed by atoms with E-state index < -0.39 is 4.92 Å². The van der Waals surface area contributed by atoms with Gasteiger partial charge in [-0.15, -0.1) is 0 Å². The number of aromatic nitrogens is 1. The number of hydrogen-bond acceptors (Lipinski definition) is 7. The number of fused-ring (bicyclic) bond motifs is 1. The minimum atomic E-state index is -0.453. The molecule has 3 aromatic rings. The third-order valence-electron chi connectivity index (χ3n) is 5.11. The maximum atomic E-state index is 13.2. The van der Waals surface area contributed by atoms with Crippen LogP contribution < -0.4 is 9.64 Å². The average Bonchev–Trinajstić information content (AvgIpc) is 3.23. The summed E-state index contributed by atoms with van der Waals surface area (Å²) in [6.07, 6.45) is 3.03. The first-order valence-electron chi connectivity index (χ1n) is 10.4. The Kier molecular flexibility index (Phi) is 7.91. The van der Waals surface area contributed by atoms with Crippen LogP contribution in [0.25, 0.3) is 16.3 Å². The second-order valence-corrected chi connectivity index (χ2v) is 8.04. The molecular weight excluding hydrogens is 428 g/mol. The standard InChI is InChI=1S/C23H26N4O4S/c1-4-25(5-2)13-14-26(23-24-20-16-19(31-3)10-11-21(20)32-23)22(28)12-9-17-7-6-8-18(15-17)27(29)30/h6-12,15-16H,4-5,13-14H2,1-3H3/b12-9+. The quantitative estimate of drug-likeness (QED) is 0.253. The molecular formula is C23H26N4O4S. The number of carbonyl (C=O) groups is 1. The molecule has 2 aromatic carbocycles. The molecule has 0 saturated heterocycles. The van der Waals surface area contributed by atoms with Gasteiger partial charge in [0.1, 0.15) is 5.75 Å². The van der Waals surface area contributed by atoms with E-state index in [0.29, 0.717) is 29.5 Å². The summed E-state index contributed by atoms with van der Waals surface area (Å²) in [6, 6.07) is 11.8. The van der Waals surface area contributed by atoms with Gasteiger partial charge >= 0.3 is 0 Å². The normalized spacial score (nSPS) is 11.4. The van der Waals surface area contributed by atoms with Crippen molar-refractivity contribution < 1.29 is 14.5 Å². The number of benzene rings is 2. The average molecular weight is 455 g/mol. The van der Waals surface area contributed by atoms with Crippen LogP contribution in [0.15, 0.2) is 48.5 Å². The van der Waals surface area contributed by atoms with Crippen molar-refractivity contribution in [3.63, 3.8) is 0 Å². The molecule has 1 aromatic heterocycles. The van der Waals surface area contributed by atoms with Gasteiger partial charge in [-0.2, -0.15) is 0 Å². The summed E-state index contributed by atoms with van der Waals surface area (Å²) >= 11 is 1.44. The van der Waals surface area contributed by atoms with E-state index in [9.17, 15) is 14.9 Å². The van der Waals surface area contributed by atoms with Crippen LogP contribution in [0.1, 0.15) is 19.4 Å². The van der Waals surface area contributed by atoms with E-state index in [0.717, 1.165) is 23.3 Å². The number of non-ortho nitro benzene ring substituents is 1. The first-order chi connectivity index (χ1) is 15.4. The Balaban J connectivity index is 1.88. The van der Waals surface area contributed by atoms with Crippen LogP contribution in [-0.4, -0.2) is 54.0 Å². The fraction of sp³-hybridized carbons (Fsp3) is 0.304. The van der Waals surface area contributed by atoms with Gasteiger partial charge in [-0.1, -0.05) is 37.3 Å². The highest BCUT2D eigenvalue weighted by atomic mass is 32.1. The first-order valence-corrected chi connectivity index (χ1v) is 11.2. The van der Waals surface area contributed by atoms with E-state index in [1.165, 1.54) is 29.5 Å². The van der Waals surface area contributed by atoms with Gasteiger partial charge in [0.05, 0.1) is 22.2 Å². The van der Waals surface area contributed by atoms with Gasteiger partial charge in [-0.05, 0) is 36.9 Å². The zero-order chi connectivity index (χ0) is 23.1. The lowest BCUT2D eigenvalue weighted by Gasteiger charge is -2.23. The summed E-state index contributed by atoms with van der Waals surface area (Å²) in [5, 5.41) is 11.6. The van der Waals surface area contributed by atoms with Crippen LogP contribution in [0.4, 0.5) is 10.8 Å². The number of anilines is 1. The van der Waals surface area contributed by atoms with Crippen molar-refractivity contribution in [2.75, 3.05) is 38.2 Å². The number of nitro benzene ring substituents is 1. The van der Waals surface area contributed by atoms with Gasteiger partial charge in [-0.25, -0.2) is 4.98 Å². The molecule has 8 nitrogen and oxygen atoms in total. The van der Waals surface area contributed by atoms with Crippen molar-refractivity contribution in [2.45, 2.75) is 13.8 Å². The van der Waals surface area contributed by atoms with Crippen LogP contribution >= 0.6 is 11.3 Å². The smallest absolute Gasteiger partial charge is 0.270 e. The SMILES string of the molecule is CCN(CC)CCN(C(=O)/C=C/c1cccc([N+](=O)[O-])c1)c1nc2cc(OC)ccc2s1. The molecule has 168 valence electrons. The number of likely N-dealkylation sites (N-methyl/N-ethyl adjacent to an activating group) is 1. The molecule has 32 heavy (non-hydrogen) atoms. The molecule has 3 rings (SSSR count). The zero-order valence-electron chi connectivity index (χ0n) is 18.4. The lowest BCUT2D eigenvalue weighted by molar-refractivity contribution is -0.384. The second kappa shape index (κ2) is 10.8. The number of carbonyl (C=O) groups excluding carboxylic acids is 1. The number of hydrogen-bond donors (Lipinski definition) is 0. The van der Waals surface area contributed by atoms with Crippen molar-refractivity contribution >= 4 is 44.4 Å². The minimum Gasteiger partial charge on any atom is -0.497 e. The molecule has 0 unspecified atom stereocenters. The van der Waals surface area contributed by atoms with E-state index in [-0.39, 0.29) is 11.6 Å². The number of nitro groups is 1. The van der Waals surface area contributed by atoms with Crippen LogP contribution in [-0.2, 0) is 4.79 Å². The number of amides is 1. The molecule has 0 saturated carbocycles. The van der Waals surface area contributed by atoms with Crippen LogP contribution in [0.3, 0.4) is 0 Å². The number of ether oxygens (including phenoxy) is 1. The van der Waals surface area contributed by atoms with Gasteiger partial charge in [0, 0.05) is 37.4 Å². The van der Waals surface area contributed by atoms with Crippen LogP contribution in [0.5, 0.6) is 5.75 Å². The maximum Gasteiger partial charge on any atom is 0.270 e. The predicted molar refractivity (Wildman–Crippen MR) is 128 cm³/mol. The highest BCUT2D eigenvalue weighted by molar-refractivity contribution is 7.22. The monoisotopic (exact) mass is 454 g/mol. The van der Waals surface area contributed by atoms with E-state index in [1.54, 1.807) is 30.2 Å². The highest BCUT2D eigenvalue weighted by Gasteiger charge is 2.19. The van der Waals surface area contributed by atoms with E-state index in [2.05, 4.69) is 23.7 Å². The molecule has 0 N–H and O–H groups in total. The molecule has 9 heteroatoms. The Morgan fingerprint density at radius 1 is 1.19 bits per heavy atom. The Labute approximate surface area is 190 Å². The fourth-order valence-electron chi connectivity index (χ4n) is 3.22. The fourth-order valence-corrected chi connectivity index (χ4v) is 4.20. The Bertz CT molecular complexity index is 1120. The largest absolute Gasteiger partial charge is 0.497 e. The van der Waals surface area contributed by atoms with Gasteiger partial charge in [-0.3, -0.25) is 19.8 Å². The number of nitrogens with zero attached hydrogens (tertiary/aromatic N) is 4. The summed E-state index contributed by atoms with van der Waals surface area (Å²) in [6.45, 7) is 7.14. The maximum absolute atomic E-state index is 13.2. The zero-order valence-corrected chi connectivity index (χ0v) is 19.2. The third kappa shape index (κ3) is 5.68. The summed E-state index contributed by atoms with van der Waals surface area (Å²) in [4.78, 5) is 32.3. The Morgan fingerprint density at radius 2 is 1.97 bits per heavy atom. The summed E-state index contributed by atoms with van der Waals surface area (Å²) in [7, 11) is 1.60. The van der Waals surface area contributed by atoms with E-state index in [4.69, 9.17) is 4.74 Å². The summed E-state index contributed by atoms with van der Waals surface area (Å²) in [5.74, 6) is 0.482. The molecule has 0 aliphatic heterocycles. The van der Waals surface area contributed by atoms with Gasteiger partial charge in [0.25, 0.3) is 11.6 Å². The Morgan fingerprint density at radius 3 is 2.66 bits per heavy atom. The molecule has 0 fully saturated rings. The van der Waals surface area contributed by atoms with Crippen molar-refractivity contribution in [2.24, 2.45) is 0 Å². The van der Waals surface area contributed by atoms with Gasteiger partial charge in [0.15, 0.2) is 5.13 Å². The van der Waals surface area contributed by atoms with Crippen LogP contribution in [0.2, 0.25) is 0 Å². The van der Waals surface area contributed by atoms with Crippen molar-refractivity contribution in [1.29, 1.82) is 0 Å². The van der Waals surface area contributed by atoms with E-state index >= 15 is 0 Å². The molecule has 0 spiro atoms. The summed E-state index contributed by atoms with van der Waals surface area (Å²) in [5.41, 5.74) is 1.34. The third-order valence-corrected chi connectivity index (χ3v) is 6.17. The van der Waals surface area contributed by atoms with Crippen molar-refractivity contribution in [3.8, 4) is 5.75 Å². The molecule has 1 heterocycles. The van der Waals surface area contributed by atoms with Crippen molar-refractivity contribution in [1.82, 2.24) is 9.88 Å². The molecule has 0 bridgehead atoms. The second-order valence-electron chi connectivity index (χ2n) is 7.03. The minimum absolute atomic E-state index is 0.0156. The topological polar surface area (TPSA) is 88.8 Å². The predicted octanol–water partition coefficient (Wildman–Crippen LogP) is 4.60. The van der Waals surface area contributed by atoms with E-state index in [1.807, 2.05) is 18.2 Å². The molecule has 0 aliphatic rings. The van der Waals surface area contributed by atoms with Gasteiger partial charge in [0.2, 0.25) is 0 Å². The van der Waals surface area contributed by atoms with Crippen LogP contribution in [0, 0.1) is 10.1 Å². The number of methoxy groups -OCH3 is 1. The first kappa shape index (κ1) is 23.4.